The molecule has 0 radical (unpaired) electrons. The van der Waals surface area contributed by atoms with Crippen LogP contribution in [0.3, 0.4) is 0 Å². The van der Waals surface area contributed by atoms with Crippen molar-refractivity contribution in [2.24, 2.45) is 0 Å². The van der Waals surface area contributed by atoms with Gasteiger partial charge in [0.1, 0.15) is 0 Å². The van der Waals surface area contributed by atoms with Crippen molar-refractivity contribution < 1.29 is 31.4 Å². The SMILES string of the molecule is CSc1cccc(OC(F)F)c1OC(F)(F)F. The van der Waals surface area contributed by atoms with E-state index in [1.165, 1.54) is 18.4 Å². The molecule has 0 aromatic heterocycles. The number of hydrogen-bond acceptors (Lipinski definition) is 3. The van der Waals surface area contributed by atoms with Crippen molar-refractivity contribution in [2.45, 2.75) is 17.9 Å². The molecule has 1 aromatic carbocycles. The van der Waals surface area contributed by atoms with Crippen LogP contribution < -0.4 is 9.47 Å². The highest BCUT2D eigenvalue weighted by molar-refractivity contribution is 7.98. The highest BCUT2D eigenvalue weighted by atomic mass is 32.2. The van der Waals surface area contributed by atoms with E-state index < -0.39 is 24.5 Å². The first-order valence-electron chi connectivity index (χ1n) is 4.21. The van der Waals surface area contributed by atoms with E-state index in [2.05, 4.69) is 9.47 Å². The summed E-state index contributed by atoms with van der Waals surface area (Å²) in [6, 6.07) is 3.59. The molecule has 0 bridgehead atoms. The van der Waals surface area contributed by atoms with Crippen LogP contribution in [0.25, 0.3) is 0 Å². The Labute approximate surface area is 97.7 Å². The maximum absolute atomic E-state index is 12.1. The van der Waals surface area contributed by atoms with E-state index in [1.54, 1.807) is 0 Å². The van der Waals surface area contributed by atoms with Crippen molar-refractivity contribution in [1.82, 2.24) is 0 Å². The summed E-state index contributed by atoms with van der Waals surface area (Å²) < 4.78 is 67.9. The lowest BCUT2D eigenvalue weighted by atomic mass is 10.3. The predicted molar refractivity (Wildman–Crippen MR) is 51.5 cm³/mol. The molecule has 1 rings (SSSR count). The van der Waals surface area contributed by atoms with Gasteiger partial charge in [-0.25, -0.2) is 0 Å². The molecule has 1 aromatic rings. The van der Waals surface area contributed by atoms with Crippen molar-refractivity contribution in [3.63, 3.8) is 0 Å². The van der Waals surface area contributed by atoms with Crippen LogP contribution in [0.1, 0.15) is 0 Å². The summed E-state index contributed by atoms with van der Waals surface area (Å²) in [5.41, 5.74) is 0. The summed E-state index contributed by atoms with van der Waals surface area (Å²) in [7, 11) is 0. The lowest BCUT2D eigenvalue weighted by molar-refractivity contribution is -0.276. The van der Waals surface area contributed by atoms with Crippen molar-refractivity contribution in [3.8, 4) is 11.5 Å². The Bertz CT molecular complexity index is 380. The fourth-order valence-corrected chi connectivity index (χ4v) is 1.60. The van der Waals surface area contributed by atoms with Crippen LogP contribution in [-0.2, 0) is 0 Å². The van der Waals surface area contributed by atoms with E-state index >= 15 is 0 Å². The number of benzene rings is 1. The zero-order chi connectivity index (χ0) is 13.1. The Balaban J connectivity index is 3.11. The van der Waals surface area contributed by atoms with E-state index in [4.69, 9.17) is 0 Å². The molecule has 0 heterocycles. The van der Waals surface area contributed by atoms with Gasteiger partial charge < -0.3 is 9.47 Å². The maximum atomic E-state index is 12.1. The summed E-state index contributed by atoms with van der Waals surface area (Å²) in [6.45, 7) is -3.22. The number of rotatable bonds is 4. The third-order valence-corrected chi connectivity index (χ3v) is 2.36. The normalized spacial score (nSPS) is 11.7. The summed E-state index contributed by atoms with van der Waals surface area (Å²) in [5, 5.41) is 0. The molecule has 0 atom stereocenters. The third-order valence-electron chi connectivity index (χ3n) is 1.60. The van der Waals surface area contributed by atoms with Gasteiger partial charge >= 0.3 is 13.0 Å². The van der Waals surface area contributed by atoms with Crippen molar-refractivity contribution >= 4 is 11.8 Å². The van der Waals surface area contributed by atoms with E-state index in [1.807, 2.05) is 0 Å². The monoisotopic (exact) mass is 274 g/mol. The summed E-state index contributed by atoms with van der Waals surface area (Å²) in [4.78, 5) is 0.0560. The molecular weight excluding hydrogens is 267 g/mol. The number of hydrogen-bond donors (Lipinski definition) is 0. The third kappa shape index (κ3) is 4.29. The van der Waals surface area contributed by atoms with Gasteiger partial charge in [0.25, 0.3) is 0 Å². The molecule has 0 spiro atoms. The van der Waals surface area contributed by atoms with E-state index in [0.29, 0.717) is 0 Å². The Kier molecular flexibility index (Phi) is 4.44. The molecule has 0 aliphatic carbocycles. The predicted octanol–water partition coefficient (Wildman–Crippen LogP) is 3.91. The molecular formula is C9H7F5O2S. The molecule has 0 aliphatic heterocycles. The summed E-state index contributed by atoms with van der Waals surface area (Å²) >= 11 is 0.927. The van der Waals surface area contributed by atoms with Crippen LogP contribution in [0.5, 0.6) is 11.5 Å². The molecule has 0 unspecified atom stereocenters. The van der Waals surface area contributed by atoms with E-state index in [-0.39, 0.29) is 4.90 Å². The van der Waals surface area contributed by atoms with Gasteiger partial charge in [0.15, 0.2) is 11.5 Å². The zero-order valence-corrected chi connectivity index (χ0v) is 9.24. The lowest BCUT2D eigenvalue weighted by Crippen LogP contribution is -2.18. The largest absolute Gasteiger partial charge is 0.573 e. The molecule has 8 heteroatoms. The van der Waals surface area contributed by atoms with Gasteiger partial charge in [-0.15, -0.1) is 24.9 Å². The Morgan fingerprint density at radius 2 is 1.88 bits per heavy atom. The van der Waals surface area contributed by atoms with Crippen LogP contribution >= 0.6 is 11.8 Å². The standard InChI is InChI=1S/C9H7F5O2S/c1-17-6-4-2-3-5(15-8(10)11)7(6)16-9(12,13)14/h2-4,8H,1H3. The second kappa shape index (κ2) is 5.44. The topological polar surface area (TPSA) is 18.5 Å². The van der Waals surface area contributed by atoms with Crippen molar-refractivity contribution in [3.05, 3.63) is 18.2 Å². The van der Waals surface area contributed by atoms with Gasteiger partial charge in [-0.05, 0) is 18.4 Å². The minimum atomic E-state index is -4.97. The molecule has 0 amide bonds. The first-order valence-corrected chi connectivity index (χ1v) is 5.43. The van der Waals surface area contributed by atoms with Gasteiger partial charge in [-0.1, -0.05) is 6.07 Å². The van der Waals surface area contributed by atoms with Crippen molar-refractivity contribution in [1.29, 1.82) is 0 Å². The molecule has 2 nitrogen and oxygen atoms in total. The maximum Gasteiger partial charge on any atom is 0.573 e. The minimum Gasteiger partial charge on any atom is -0.431 e. The fourth-order valence-electron chi connectivity index (χ4n) is 1.06. The van der Waals surface area contributed by atoms with Gasteiger partial charge in [0.2, 0.25) is 0 Å². The van der Waals surface area contributed by atoms with Crippen LogP contribution in [0.2, 0.25) is 0 Å². The first kappa shape index (κ1) is 13.9. The van der Waals surface area contributed by atoms with Crippen LogP contribution in [-0.4, -0.2) is 19.2 Å². The molecule has 0 N–H and O–H groups in total. The molecule has 17 heavy (non-hydrogen) atoms. The molecule has 0 saturated carbocycles. The smallest absolute Gasteiger partial charge is 0.431 e. The zero-order valence-electron chi connectivity index (χ0n) is 8.42. The lowest BCUT2D eigenvalue weighted by Gasteiger charge is -2.16. The summed E-state index contributed by atoms with van der Waals surface area (Å²) in [6.07, 6.45) is -3.48. The molecule has 96 valence electrons. The quantitative estimate of drug-likeness (QED) is 0.612. The number of para-hydroxylation sites is 1. The molecule has 0 fully saturated rings. The highest BCUT2D eigenvalue weighted by Gasteiger charge is 2.34. The highest BCUT2D eigenvalue weighted by Crippen LogP contribution is 2.40. The van der Waals surface area contributed by atoms with Crippen LogP contribution in [0, 0.1) is 0 Å². The number of ether oxygens (including phenoxy) is 2. The molecule has 0 saturated heterocycles. The van der Waals surface area contributed by atoms with Gasteiger partial charge in [-0.3, -0.25) is 0 Å². The van der Waals surface area contributed by atoms with Crippen LogP contribution in [0.15, 0.2) is 23.1 Å². The number of alkyl halides is 5. The molecule has 0 aliphatic rings. The Morgan fingerprint density at radius 1 is 1.24 bits per heavy atom. The number of halogens is 5. The fraction of sp³-hybridized carbons (Fsp3) is 0.333. The second-order valence-electron chi connectivity index (χ2n) is 2.71. The Morgan fingerprint density at radius 3 is 2.35 bits per heavy atom. The minimum absolute atomic E-state index is 0.0560. The van der Waals surface area contributed by atoms with Gasteiger partial charge in [0, 0.05) is 0 Å². The van der Waals surface area contributed by atoms with Crippen molar-refractivity contribution in [2.75, 3.05) is 6.26 Å². The van der Waals surface area contributed by atoms with Gasteiger partial charge in [0.05, 0.1) is 4.90 Å². The van der Waals surface area contributed by atoms with Gasteiger partial charge in [-0.2, -0.15) is 8.78 Å². The first-order chi connectivity index (χ1) is 7.83. The average molecular weight is 274 g/mol. The Hall–Kier alpha value is -1.18. The van der Waals surface area contributed by atoms with Crippen LogP contribution in [0.4, 0.5) is 22.0 Å². The van der Waals surface area contributed by atoms with E-state index in [9.17, 15) is 22.0 Å². The second-order valence-corrected chi connectivity index (χ2v) is 3.56. The average Bonchev–Trinajstić information content (AvgIpc) is 2.17. The number of thioether (sulfide) groups is 1. The van der Waals surface area contributed by atoms with E-state index in [0.717, 1.165) is 17.8 Å². The summed E-state index contributed by atoms with van der Waals surface area (Å²) in [5.74, 6) is -1.41.